The molecule has 0 saturated heterocycles. The van der Waals surface area contributed by atoms with Crippen molar-refractivity contribution in [3.8, 4) is 0 Å². The Bertz CT molecular complexity index is 1020. The van der Waals surface area contributed by atoms with Gasteiger partial charge in [-0.15, -0.1) is 0 Å². The zero-order valence-electron chi connectivity index (χ0n) is 15.4. The Balaban J connectivity index is 2.44. The third-order valence-electron chi connectivity index (χ3n) is 3.56. The van der Waals surface area contributed by atoms with Gasteiger partial charge in [-0.3, -0.25) is 19.0 Å². The van der Waals surface area contributed by atoms with Crippen LogP contribution in [0.15, 0.2) is 16.9 Å². The third-order valence-corrected chi connectivity index (χ3v) is 3.56. The van der Waals surface area contributed by atoms with E-state index in [0.29, 0.717) is 4.57 Å². The van der Waals surface area contributed by atoms with Crippen molar-refractivity contribution in [3.05, 3.63) is 34.1 Å². The number of aryl methyl sites for hydroxylation is 1. The standard InChI is InChI=1S/C15H14FN3O3/c1-7-18-11-5-8(16)4-10(17)14(11)15(22)19(7)12-3-2-9(20)6-13(12)21/h4-5,12H,2-3,6,17H2,1H3/i1D3,12D. The van der Waals surface area contributed by atoms with E-state index in [-0.39, 0.29) is 29.4 Å². The quantitative estimate of drug-likeness (QED) is 0.632. The zero-order chi connectivity index (χ0) is 19.4. The highest BCUT2D eigenvalue weighted by atomic mass is 19.1. The normalized spacial score (nSPS) is 25.5. The van der Waals surface area contributed by atoms with E-state index < -0.39 is 48.1 Å². The summed E-state index contributed by atoms with van der Waals surface area (Å²) in [6, 6.07) is -0.570. The number of aromatic nitrogens is 2. The average Bonchev–Trinajstić information content (AvgIpc) is 2.49. The first-order chi connectivity index (χ1) is 11.9. The van der Waals surface area contributed by atoms with Crippen LogP contribution in [0, 0.1) is 12.7 Å². The van der Waals surface area contributed by atoms with E-state index in [0.717, 1.165) is 12.1 Å². The number of nitrogen functional groups attached to an aromatic ring is 1. The van der Waals surface area contributed by atoms with Crippen LogP contribution in [0.4, 0.5) is 10.1 Å². The van der Waals surface area contributed by atoms with Gasteiger partial charge in [0.1, 0.15) is 17.4 Å². The van der Waals surface area contributed by atoms with Gasteiger partial charge in [-0.25, -0.2) is 9.37 Å². The molecule has 2 aromatic rings. The second-order valence-corrected chi connectivity index (χ2v) is 5.05. The Hall–Kier alpha value is -2.57. The molecule has 1 saturated carbocycles. The average molecular weight is 307 g/mol. The smallest absolute Gasteiger partial charge is 0.264 e. The van der Waals surface area contributed by atoms with Gasteiger partial charge in [0.2, 0.25) is 0 Å². The fraction of sp³-hybridized carbons (Fsp3) is 0.333. The highest BCUT2D eigenvalue weighted by Gasteiger charge is 2.30. The van der Waals surface area contributed by atoms with E-state index in [1.807, 2.05) is 0 Å². The Morgan fingerprint density at radius 1 is 1.45 bits per heavy atom. The number of halogens is 1. The van der Waals surface area contributed by atoms with E-state index in [2.05, 4.69) is 4.98 Å². The number of fused-ring (bicyclic) bond motifs is 1. The van der Waals surface area contributed by atoms with Crippen molar-refractivity contribution in [3.63, 3.8) is 0 Å². The number of ketones is 2. The molecule has 1 fully saturated rings. The summed E-state index contributed by atoms with van der Waals surface area (Å²) in [4.78, 5) is 40.6. The van der Waals surface area contributed by atoms with Gasteiger partial charge in [-0.1, -0.05) is 0 Å². The number of hydrogen-bond donors (Lipinski definition) is 1. The number of carbonyl (C=O) groups excluding carboxylic acids is 2. The molecule has 1 aliphatic carbocycles. The molecule has 22 heavy (non-hydrogen) atoms. The summed E-state index contributed by atoms with van der Waals surface area (Å²) in [6.07, 6.45) is -1.09. The lowest BCUT2D eigenvalue weighted by atomic mass is 9.92. The number of rotatable bonds is 1. The molecular weight excluding hydrogens is 289 g/mol. The molecule has 1 heterocycles. The van der Waals surface area contributed by atoms with Gasteiger partial charge < -0.3 is 5.73 Å². The van der Waals surface area contributed by atoms with Crippen LogP contribution in [-0.2, 0) is 9.59 Å². The summed E-state index contributed by atoms with van der Waals surface area (Å²) in [7, 11) is 0. The summed E-state index contributed by atoms with van der Waals surface area (Å²) in [6.45, 7) is -2.95. The number of Topliss-reactive ketones (excluding diaryl/α,β-unsaturated/α-hetero) is 2. The third kappa shape index (κ3) is 2.18. The number of benzene rings is 1. The van der Waals surface area contributed by atoms with Crippen molar-refractivity contribution in [1.82, 2.24) is 9.55 Å². The first kappa shape index (κ1) is 10.2. The summed E-state index contributed by atoms with van der Waals surface area (Å²) < 4.78 is 45.4. The molecule has 0 radical (unpaired) electrons. The van der Waals surface area contributed by atoms with E-state index >= 15 is 0 Å². The van der Waals surface area contributed by atoms with Gasteiger partial charge in [0.05, 0.1) is 24.7 Å². The molecule has 1 aromatic carbocycles. The van der Waals surface area contributed by atoms with E-state index in [1.54, 1.807) is 0 Å². The van der Waals surface area contributed by atoms with Crippen LogP contribution >= 0.6 is 0 Å². The lowest BCUT2D eigenvalue weighted by Crippen LogP contribution is -2.36. The molecule has 0 bridgehead atoms. The fourth-order valence-electron chi connectivity index (χ4n) is 2.56. The van der Waals surface area contributed by atoms with Crippen LogP contribution in [0.2, 0.25) is 0 Å². The minimum atomic E-state index is -2.95. The fourth-order valence-corrected chi connectivity index (χ4v) is 2.56. The van der Waals surface area contributed by atoms with Crippen LogP contribution in [0.1, 0.15) is 36.6 Å². The molecule has 0 spiro atoms. The van der Waals surface area contributed by atoms with E-state index in [9.17, 15) is 18.8 Å². The molecular formula is C15H14FN3O3. The van der Waals surface area contributed by atoms with Crippen molar-refractivity contribution in [2.75, 3.05) is 5.73 Å². The SMILES string of the molecule is [2H]C([2H])([2H])c1nc2cc(F)cc(N)c2c(=O)n1C1([2H])CCC(=O)CC1=O. The molecule has 1 unspecified atom stereocenters. The van der Waals surface area contributed by atoms with Gasteiger partial charge in [0.15, 0.2) is 5.78 Å². The predicted molar refractivity (Wildman–Crippen MR) is 78.0 cm³/mol. The van der Waals surface area contributed by atoms with Crippen molar-refractivity contribution in [2.45, 2.75) is 32.1 Å². The monoisotopic (exact) mass is 307 g/mol. The van der Waals surface area contributed by atoms with E-state index in [1.165, 1.54) is 0 Å². The van der Waals surface area contributed by atoms with E-state index in [4.69, 9.17) is 11.2 Å². The molecule has 1 atom stereocenters. The number of nitrogens with two attached hydrogens (primary N) is 1. The van der Waals surface area contributed by atoms with Gasteiger partial charge >= 0.3 is 0 Å². The number of hydrogen-bond acceptors (Lipinski definition) is 5. The molecule has 0 aliphatic heterocycles. The minimum absolute atomic E-state index is 0.154. The summed E-state index contributed by atoms with van der Waals surface area (Å²) >= 11 is 0. The van der Waals surface area contributed by atoms with Crippen LogP contribution in [0.5, 0.6) is 0 Å². The van der Waals surface area contributed by atoms with Gasteiger partial charge in [0, 0.05) is 22.3 Å². The number of anilines is 1. The summed E-state index contributed by atoms with van der Waals surface area (Å²) in [5.74, 6) is -2.92. The van der Waals surface area contributed by atoms with Crippen molar-refractivity contribution < 1.29 is 19.5 Å². The topological polar surface area (TPSA) is 95.0 Å². The maximum absolute atomic E-state index is 13.6. The maximum Gasteiger partial charge on any atom is 0.264 e. The maximum atomic E-state index is 13.6. The minimum Gasteiger partial charge on any atom is -0.398 e. The first-order valence-corrected chi connectivity index (χ1v) is 6.53. The Morgan fingerprint density at radius 2 is 2.23 bits per heavy atom. The second-order valence-electron chi connectivity index (χ2n) is 5.05. The Labute approximate surface area is 130 Å². The van der Waals surface area contributed by atoms with Crippen molar-refractivity contribution in [2.24, 2.45) is 0 Å². The molecule has 7 heteroatoms. The summed E-state index contributed by atoms with van der Waals surface area (Å²) in [5.41, 5.74) is 4.08. The Kier molecular flexibility index (Phi) is 2.32. The molecule has 6 nitrogen and oxygen atoms in total. The summed E-state index contributed by atoms with van der Waals surface area (Å²) in [5, 5.41) is -0.282. The van der Waals surface area contributed by atoms with Crippen molar-refractivity contribution in [1.29, 1.82) is 0 Å². The molecule has 3 rings (SSSR count). The number of nitrogens with zero attached hydrogens (tertiary/aromatic N) is 2. The lowest BCUT2D eigenvalue weighted by molar-refractivity contribution is -0.132. The van der Waals surface area contributed by atoms with Gasteiger partial charge in [0.25, 0.3) is 5.56 Å². The molecule has 2 N–H and O–H groups in total. The van der Waals surface area contributed by atoms with Crippen LogP contribution in [0.25, 0.3) is 10.9 Å². The zero-order valence-corrected chi connectivity index (χ0v) is 11.4. The first-order valence-electron chi connectivity index (χ1n) is 8.53. The van der Waals surface area contributed by atoms with Crippen LogP contribution < -0.4 is 11.3 Å². The van der Waals surface area contributed by atoms with Crippen molar-refractivity contribution >= 4 is 28.2 Å². The molecule has 1 aromatic heterocycles. The molecule has 114 valence electrons. The second kappa shape index (κ2) is 5.01. The highest BCUT2D eigenvalue weighted by Crippen LogP contribution is 2.25. The van der Waals surface area contributed by atoms with Gasteiger partial charge in [-0.05, 0) is 19.3 Å². The molecule has 0 amide bonds. The van der Waals surface area contributed by atoms with Crippen LogP contribution in [0.3, 0.4) is 0 Å². The predicted octanol–water partition coefficient (Wildman–Crippen LogP) is 1.29. The van der Waals surface area contributed by atoms with Gasteiger partial charge in [-0.2, -0.15) is 0 Å². The van der Waals surface area contributed by atoms with Crippen LogP contribution in [-0.4, -0.2) is 21.1 Å². The largest absolute Gasteiger partial charge is 0.398 e. The number of carbonyl (C=O) groups is 2. The highest BCUT2D eigenvalue weighted by molar-refractivity contribution is 6.03. The lowest BCUT2D eigenvalue weighted by Gasteiger charge is -2.24. The Morgan fingerprint density at radius 3 is 2.91 bits per heavy atom. The molecule has 1 aliphatic rings.